The number of nitrogens with zero attached hydrogens (tertiary/aromatic N) is 1. The average molecular weight is 441 g/mol. The van der Waals surface area contributed by atoms with Gasteiger partial charge in [0.1, 0.15) is 11.5 Å². The quantitative estimate of drug-likeness (QED) is 0.680. The number of hydrogen-bond acceptors (Lipinski definition) is 5. The molecule has 1 N–H and O–H groups in total. The maximum Gasteiger partial charge on any atom is 0.253 e. The summed E-state index contributed by atoms with van der Waals surface area (Å²) in [6, 6.07) is 9.10. The van der Waals surface area contributed by atoms with Crippen LogP contribution < -0.4 is 14.8 Å². The number of nitrogens with one attached hydrogen (secondary N) is 1. The number of benzene rings is 2. The molecule has 0 aliphatic heterocycles. The van der Waals surface area contributed by atoms with Gasteiger partial charge in [0.05, 0.1) is 29.7 Å². The molecule has 0 aliphatic carbocycles. The van der Waals surface area contributed by atoms with E-state index in [9.17, 15) is 13.2 Å². The van der Waals surface area contributed by atoms with Crippen LogP contribution in [0.2, 0.25) is 5.02 Å². The number of methoxy groups -OCH3 is 2. The first kappa shape index (κ1) is 23.0. The van der Waals surface area contributed by atoms with Gasteiger partial charge in [-0.2, -0.15) is 4.31 Å². The van der Waals surface area contributed by atoms with Crippen molar-refractivity contribution in [1.82, 2.24) is 9.62 Å². The predicted molar refractivity (Wildman–Crippen MR) is 112 cm³/mol. The summed E-state index contributed by atoms with van der Waals surface area (Å²) in [5, 5.41) is 2.91. The van der Waals surface area contributed by atoms with E-state index in [0.717, 1.165) is 5.56 Å². The molecule has 0 saturated heterocycles. The Labute approximate surface area is 176 Å². The van der Waals surface area contributed by atoms with Crippen LogP contribution in [0.1, 0.15) is 29.8 Å². The highest BCUT2D eigenvalue weighted by Gasteiger charge is 2.25. The van der Waals surface area contributed by atoms with Crippen molar-refractivity contribution in [3.63, 3.8) is 0 Å². The van der Waals surface area contributed by atoms with Crippen molar-refractivity contribution in [2.75, 3.05) is 21.3 Å². The van der Waals surface area contributed by atoms with E-state index >= 15 is 0 Å². The Morgan fingerprint density at radius 1 is 1.14 bits per heavy atom. The van der Waals surface area contributed by atoms with Crippen molar-refractivity contribution in [3.05, 3.63) is 52.5 Å². The zero-order valence-electron chi connectivity index (χ0n) is 17.0. The lowest BCUT2D eigenvalue weighted by atomic mass is 10.1. The van der Waals surface area contributed by atoms with Crippen LogP contribution in [0.3, 0.4) is 0 Å². The van der Waals surface area contributed by atoms with Crippen molar-refractivity contribution in [2.45, 2.75) is 31.3 Å². The fourth-order valence-corrected chi connectivity index (χ4v) is 4.15. The van der Waals surface area contributed by atoms with Crippen molar-refractivity contribution in [3.8, 4) is 11.5 Å². The maximum atomic E-state index is 12.7. The second kappa shape index (κ2) is 9.47. The Kier molecular flexibility index (Phi) is 7.51. The second-order valence-electron chi connectivity index (χ2n) is 6.62. The highest BCUT2D eigenvalue weighted by atomic mass is 35.5. The number of rotatable bonds is 8. The minimum Gasteiger partial charge on any atom is -0.497 e. The molecule has 0 unspecified atom stereocenters. The Morgan fingerprint density at radius 3 is 2.41 bits per heavy atom. The van der Waals surface area contributed by atoms with Gasteiger partial charge >= 0.3 is 0 Å². The molecule has 158 valence electrons. The molecule has 1 amide bonds. The Hall–Kier alpha value is -2.29. The lowest BCUT2D eigenvalue weighted by Gasteiger charge is -2.21. The molecule has 0 atom stereocenters. The topological polar surface area (TPSA) is 84.9 Å². The number of hydrogen-bond donors (Lipinski definition) is 1. The summed E-state index contributed by atoms with van der Waals surface area (Å²) in [6.45, 7) is 3.71. The standard InChI is InChI=1S/C20H25ClN2O5S/c1-13(2)23(3)29(25,26)16-8-9-18(21)17(11-16)20(24)22-12-14-6-7-15(27-4)10-19(14)28-5/h6-11,13H,12H2,1-5H3,(H,22,24). The number of halogens is 1. The van der Waals surface area contributed by atoms with E-state index in [1.54, 1.807) is 39.2 Å². The fraction of sp³-hybridized carbons (Fsp3) is 0.350. The first-order chi connectivity index (χ1) is 13.6. The summed E-state index contributed by atoms with van der Waals surface area (Å²) < 4.78 is 37.1. The normalized spacial score (nSPS) is 11.6. The number of carbonyl (C=O) groups excluding carboxylic acids is 1. The van der Waals surface area contributed by atoms with E-state index in [2.05, 4.69) is 5.32 Å². The summed E-state index contributed by atoms with van der Waals surface area (Å²) in [4.78, 5) is 12.7. The van der Waals surface area contributed by atoms with Gasteiger partial charge in [-0.05, 0) is 44.2 Å². The summed E-state index contributed by atoms with van der Waals surface area (Å²) in [6.07, 6.45) is 0. The summed E-state index contributed by atoms with van der Waals surface area (Å²) in [5.41, 5.74) is 0.818. The molecule has 0 bridgehead atoms. The van der Waals surface area contributed by atoms with Crippen molar-refractivity contribution in [1.29, 1.82) is 0 Å². The maximum absolute atomic E-state index is 12.7. The lowest BCUT2D eigenvalue weighted by Crippen LogP contribution is -2.33. The van der Waals surface area contributed by atoms with Crippen LogP contribution in [0.4, 0.5) is 0 Å². The van der Waals surface area contributed by atoms with Crippen LogP contribution in [0, 0.1) is 0 Å². The van der Waals surface area contributed by atoms with Gasteiger partial charge in [0, 0.05) is 31.3 Å². The van der Waals surface area contributed by atoms with Gasteiger partial charge in [0.2, 0.25) is 10.0 Å². The van der Waals surface area contributed by atoms with Gasteiger partial charge in [-0.1, -0.05) is 11.6 Å². The van der Waals surface area contributed by atoms with Gasteiger partial charge in [0.15, 0.2) is 0 Å². The van der Waals surface area contributed by atoms with Gasteiger partial charge in [0.25, 0.3) is 5.91 Å². The molecule has 0 heterocycles. The molecule has 0 aliphatic rings. The third kappa shape index (κ3) is 5.20. The highest BCUT2D eigenvalue weighted by Crippen LogP contribution is 2.26. The van der Waals surface area contributed by atoms with Crippen molar-refractivity contribution < 1.29 is 22.7 Å². The molecule has 0 aromatic heterocycles. The monoisotopic (exact) mass is 440 g/mol. The van der Waals surface area contributed by atoms with E-state index in [0.29, 0.717) is 11.5 Å². The first-order valence-corrected chi connectivity index (χ1v) is 10.7. The number of sulfonamides is 1. The minimum atomic E-state index is -3.74. The molecule has 2 aromatic rings. The van der Waals surface area contributed by atoms with Gasteiger partial charge < -0.3 is 14.8 Å². The Bertz CT molecular complexity index is 992. The largest absolute Gasteiger partial charge is 0.497 e. The fourth-order valence-electron chi connectivity index (χ4n) is 2.55. The van der Waals surface area contributed by atoms with Crippen LogP contribution in [0.15, 0.2) is 41.3 Å². The molecule has 0 saturated carbocycles. The van der Waals surface area contributed by atoms with E-state index in [-0.39, 0.29) is 28.1 Å². The minimum absolute atomic E-state index is 0.00489. The van der Waals surface area contributed by atoms with E-state index in [1.165, 1.54) is 36.7 Å². The zero-order valence-corrected chi connectivity index (χ0v) is 18.6. The van der Waals surface area contributed by atoms with Crippen LogP contribution in [-0.2, 0) is 16.6 Å². The predicted octanol–water partition coefficient (Wildman–Crippen LogP) is 3.32. The van der Waals surface area contributed by atoms with Crippen LogP contribution >= 0.6 is 11.6 Å². The highest BCUT2D eigenvalue weighted by molar-refractivity contribution is 7.89. The third-order valence-electron chi connectivity index (χ3n) is 4.52. The smallest absolute Gasteiger partial charge is 0.253 e. The van der Waals surface area contributed by atoms with Crippen molar-refractivity contribution >= 4 is 27.5 Å². The first-order valence-electron chi connectivity index (χ1n) is 8.88. The summed E-state index contributed by atoms with van der Waals surface area (Å²) >= 11 is 6.15. The molecule has 2 aromatic carbocycles. The molecule has 7 nitrogen and oxygen atoms in total. The summed E-state index contributed by atoms with van der Waals surface area (Å²) in [7, 11) is 0.831. The van der Waals surface area contributed by atoms with Gasteiger partial charge in [-0.15, -0.1) is 0 Å². The third-order valence-corrected chi connectivity index (χ3v) is 6.88. The number of amides is 1. The molecular weight excluding hydrogens is 416 g/mol. The molecule has 0 radical (unpaired) electrons. The molecule has 29 heavy (non-hydrogen) atoms. The molecule has 2 rings (SSSR count). The van der Waals surface area contributed by atoms with Gasteiger partial charge in [-0.3, -0.25) is 4.79 Å². The second-order valence-corrected chi connectivity index (χ2v) is 9.02. The van der Waals surface area contributed by atoms with E-state index in [1.807, 2.05) is 0 Å². The molecule has 0 spiro atoms. The molecule has 0 fully saturated rings. The van der Waals surface area contributed by atoms with E-state index in [4.69, 9.17) is 21.1 Å². The van der Waals surface area contributed by atoms with Crippen LogP contribution in [0.25, 0.3) is 0 Å². The van der Waals surface area contributed by atoms with Gasteiger partial charge in [-0.25, -0.2) is 8.42 Å². The van der Waals surface area contributed by atoms with Crippen LogP contribution in [0.5, 0.6) is 11.5 Å². The van der Waals surface area contributed by atoms with Crippen LogP contribution in [-0.4, -0.2) is 45.9 Å². The summed E-state index contributed by atoms with van der Waals surface area (Å²) in [5.74, 6) is 0.704. The SMILES string of the molecule is COc1ccc(CNC(=O)c2cc(S(=O)(=O)N(C)C(C)C)ccc2Cl)c(OC)c1. The molecular formula is C20H25ClN2O5S. The average Bonchev–Trinajstić information content (AvgIpc) is 2.71. The Balaban J connectivity index is 2.26. The van der Waals surface area contributed by atoms with Crippen molar-refractivity contribution in [2.24, 2.45) is 0 Å². The number of carbonyl (C=O) groups is 1. The molecule has 9 heteroatoms. The van der Waals surface area contributed by atoms with E-state index < -0.39 is 15.9 Å². The lowest BCUT2D eigenvalue weighted by molar-refractivity contribution is 0.0950. The zero-order chi connectivity index (χ0) is 21.8. The number of ether oxygens (including phenoxy) is 2. The Morgan fingerprint density at radius 2 is 1.83 bits per heavy atom.